The summed E-state index contributed by atoms with van der Waals surface area (Å²) < 4.78 is 2.05. The number of aromatic nitrogens is 4. The van der Waals surface area contributed by atoms with Gasteiger partial charge in [0.1, 0.15) is 5.82 Å². The molecule has 2 N–H and O–H groups in total. The van der Waals surface area contributed by atoms with Gasteiger partial charge in [-0.15, -0.1) is 10.2 Å². The van der Waals surface area contributed by atoms with E-state index in [0.29, 0.717) is 17.3 Å². The summed E-state index contributed by atoms with van der Waals surface area (Å²) >= 11 is 7.52. The molecule has 0 aliphatic carbocycles. The van der Waals surface area contributed by atoms with Crippen LogP contribution in [0, 0.1) is 0 Å². The van der Waals surface area contributed by atoms with Gasteiger partial charge in [0.05, 0.1) is 12.2 Å². The van der Waals surface area contributed by atoms with Gasteiger partial charge in [-0.3, -0.25) is 4.98 Å². The number of pyridine rings is 1. The van der Waals surface area contributed by atoms with E-state index in [1.807, 2.05) is 6.07 Å². The maximum absolute atomic E-state index is 5.94. The molecule has 0 unspecified atom stereocenters. The van der Waals surface area contributed by atoms with Crippen LogP contribution < -0.4 is 5.73 Å². The second-order valence-corrected chi connectivity index (χ2v) is 5.70. The Bertz CT molecular complexity index is 555. The van der Waals surface area contributed by atoms with E-state index in [0.717, 1.165) is 16.7 Å². The predicted molar refractivity (Wildman–Crippen MR) is 77.1 cm³/mol. The molecule has 2 heterocycles. The molecule has 0 spiro atoms. The third kappa shape index (κ3) is 3.46. The van der Waals surface area contributed by atoms with Crippen molar-refractivity contribution < 1.29 is 0 Å². The molecule has 102 valence electrons. The van der Waals surface area contributed by atoms with E-state index >= 15 is 0 Å². The topological polar surface area (TPSA) is 69.6 Å². The minimum absolute atomic E-state index is 0.281. The Hall–Kier alpha value is -1.11. The van der Waals surface area contributed by atoms with Gasteiger partial charge in [-0.1, -0.05) is 23.4 Å². The molecule has 0 aliphatic rings. The number of hydrogen-bond donors (Lipinski definition) is 1. The minimum Gasteiger partial charge on any atom is -0.324 e. The molecule has 2 aromatic heterocycles. The first-order valence-electron chi connectivity index (χ1n) is 5.99. The Labute approximate surface area is 121 Å². The second kappa shape index (κ2) is 6.36. The number of halogens is 1. The van der Waals surface area contributed by atoms with E-state index < -0.39 is 0 Å². The third-order valence-corrected chi connectivity index (χ3v) is 3.77. The van der Waals surface area contributed by atoms with Gasteiger partial charge < -0.3 is 10.3 Å². The van der Waals surface area contributed by atoms with Crippen molar-refractivity contribution in [2.24, 2.45) is 5.73 Å². The molecule has 5 nitrogen and oxygen atoms in total. The Morgan fingerprint density at radius 3 is 2.84 bits per heavy atom. The number of rotatable bonds is 5. The highest BCUT2D eigenvalue weighted by Gasteiger charge is 2.14. The molecule has 0 amide bonds. The summed E-state index contributed by atoms with van der Waals surface area (Å²) in [6.07, 6.45) is 1.71. The lowest BCUT2D eigenvalue weighted by molar-refractivity contribution is 0.526. The second-order valence-electron chi connectivity index (χ2n) is 4.32. The molecule has 0 bridgehead atoms. The predicted octanol–water partition coefficient (Wildman–Crippen LogP) is 2.66. The van der Waals surface area contributed by atoms with Crippen LogP contribution in [0.2, 0.25) is 5.02 Å². The van der Waals surface area contributed by atoms with Crippen LogP contribution in [0.4, 0.5) is 0 Å². The van der Waals surface area contributed by atoms with Crippen LogP contribution in [-0.4, -0.2) is 19.7 Å². The van der Waals surface area contributed by atoms with Crippen molar-refractivity contribution >= 4 is 23.4 Å². The van der Waals surface area contributed by atoms with Crippen LogP contribution in [0.5, 0.6) is 0 Å². The first-order chi connectivity index (χ1) is 9.11. The van der Waals surface area contributed by atoms with Gasteiger partial charge in [-0.05, 0) is 26.0 Å². The molecular weight excluding hydrogens is 282 g/mol. The molecule has 19 heavy (non-hydrogen) atoms. The third-order valence-electron chi connectivity index (χ3n) is 2.56. The fourth-order valence-electron chi connectivity index (χ4n) is 1.73. The summed E-state index contributed by atoms with van der Waals surface area (Å²) in [5.74, 6) is 1.51. The van der Waals surface area contributed by atoms with E-state index in [1.54, 1.807) is 24.0 Å². The molecular formula is C12H16ClN5S. The van der Waals surface area contributed by atoms with Crippen molar-refractivity contribution in [3.05, 3.63) is 34.9 Å². The largest absolute Gasteiger partial charge is 0.324 e. The van der Waals surface area contributed by atoms with Crippen molar-refractivity contribution in [3.8, 4) is 0 Å². The molecule has 0 saturated carbocycles. The van der Waals surface area contributed by atoms with Crippen LogP contribution in [0.15, 0.2) is 23.5 Å². The Balaban J connectivity index is 2.13. The summed E-state index contributed by atoms with van der Waals surface area (Å²) in [5, 5.41) is 9.84. The number of nitrogens with zero attached hydrogens (tertiary/aromatic N) is 4. The van der Waals surface area contributed by atoms with E-state index in [9.17, 15) is 0 Å². The number of hydrogen-bond acceptors (Lipinski definition) is 5. The number of thioether (sulfide) groups is 1. The van der Waals surface area contributed by atoms with E-state index in [-0.39, 0.29) is 6.04 Å². The molecule has 0 aliphatic heterocycles. The first kappa shape index (κ1) is 14.3. The average molecular weight is 298 g/mol. The monoisotopic (exact) mass is 297 g/mol. The fraction of sp³-hybridized carbons (Fsp3) is 0.417. The average Bonchev–Trinajstić information content (AvgIpc) is 2.79. The summed E-state index contributed by atoms with van der Waals surface area (Å²) in [4.78, 5) is 4.27. The highest BCUT2D eigenvalue weighted by Crippen LogP contribution is 2.24. The lowest BCUT2D eigenvalue weighted by Gasteiger charge is -2.12. The molecule has 0 saturated heterocycles. The van der Waals surface area contributed by atoms with Crippen molar-refractivity contribution in [2.45, 2.75) is 37.3 Å². The molecule has 0 fully saturated rings. The van der Waals surface area contributed by atoms with Crippen molar-refractivity contribution in [3.63, 3.8) is 0 Å². The lowest BCUT2D eigenvalue weighted by Crippen LogP contribution is -2.11. The molecule has 2 rings (SSSR count). The van der Waals surface area contributed by atoms with Gasteiger partial charge in [-0.25, -0.2) is 0 Å². The van der Waals surface area contributed by atoms with Gasteiger partial charge in [0.15, 0.2) is 5.16 Å². The van der Waals surface area contributed by atoms with Crippen LogP contribution in [0.25, 0.3) is 0 Å². The van der Waals surface area contributed by atoms with Crippen molar-refractivity contribution in [1.29, 1.82) is 0 Å². The van der Waals surface area contributed by atoms with Crippen LogP contribution in [0.1, 0.15) is 31.4 Å². The standard InChI is InChI=1S/C12H16ClN5S/c1-8(2)18-11(6-14)16-17-12(18)19-7-10-5-9(13)3-4-15-10/h3-5,8H,6-7,14H2,1-2H3. The van der Waals surface area contributed by atoms with Gasteiger partial charge >= 0.3 is 0 Å². The van der Waals surface area contributed by atoms with Crippen LogP contribution in [0.3, 0.4) is 0 Å². The molecule has 0 radical (unpaired) electrons. The Kier molecular flexibility index (Phi) is 4.79. The molecule has 0 atom stereocenters. The van der Waals surface area contributed by atoms with E-state index in [2.05, 4.69) is 33.6 Å². The van der Waals surface area contributed by atoms with Gasteiger partial charge in [-0.2, -0.15) is 0 Å². The van der Waals surface area contributed by atoms with E-state index in [4.69, 9.17) is 17.3 Å². The van der Waals surface area contributed by atoms with Crippen LogP contribution in [-0.2, 0) is 12.3 Å². The fourth-order valence-corrected chi connectivity index (χ4v) is 2.90. The maximum Gasteiger partial charge on any atom is 0.191 e. The van der Waals surface area contributed by atoms with Crippen LogP contribution >= 0.6 is 23.4 Å². The summed E-state index contributed by atoms with van der Waals surface area (Å²) in [5.41, 5.74) is 6.59. The quantitative estimate of drug-likeness (QED) is 0.859. The zero-order valence-corrected chi connectivity index (χ0v) is 12.4. The zero-order chi connectivity index (χ0) is 13.8. The maximum atomic E-state index is 5.94. The molecule has 2 aromatic rings. The van der Waals surface area contributed by atoms with Gasteiger partial charge in [0, 0.05) is 23.0 Å². The first-order valence-corrected chi connectivity index (χ1v) is 7.35. The highest BCUT2D eigenvalue weighted by molar-refractivity contribution is 7.98. The normalized spacial score (nSPS) is 11.2. The molecule has 0 aromatic carbocycles. The Morgan fingerprint density at radius 1 is 1.42 bits per heavy atom. The SMILES string of the molecule is CC(C)n1c(CN)nnc1SCc1cc(Cl)ccn1. The summed E-state index contributed by atoms with van der Waals surface area (Å²) in [6.45, 7) is 4.57. The molecule has 7 heteroatoms. The Morgan fingerprint density at radius 2 is 2.21 bits per heavy atom. The van der Waals surface area contributed by atoms with Crippen molar-refractivity contribution in [1.82, 2.24) is 19.7 Å². The zero-order valence-electron chi connectivity index (χ0n) is 10.9. The summed E-state index contributed by atoms with van der Waals surface area (Å²) in [7, 11) is 0. The lowest BCUT2D eigenvalue weighted by atomic mass is 10.4. The van der Waals surface area contributed by atoms with Crippen molar-refractivity contribution in [2.75, 3.05) is 0 Å². The van der Waals surface area contributed by atoms with Gasteiger partial charge in [0.25, 0.3) is 0 Å². The minimum atomic E-state index is 0.281. The van der Waals surface area contributed by atoms with E-state index in [1.165, 1.54) is 0 Å². The summed E-state index contributed by atoms with van der Waals surface area (Å²) in [6, 6.07) is 3.90. The highest BCUT2D eigenvalue weighted by atomic mass is 35.5. The smallest absolute Gasteiger partial charge is 0.191 e. The van der Waals surface area contributed by atoms with Gasteiger partial charge in [0.2, 0.25) is 0 Å². The number of nitrogens with two attached hydrogens (primary N) is 1.